The zero-order valence-electron chi connectivity index (χ0n) is 13.3. The van der Waals surface area contributed by atoms with Crippen LogP contribution in [-0.2, 0) is 9.84 Å². The van der Waals surface area contributed by atoms with E-state index in [0.29, 0.717) is 23.5 Å². The van der Waals surface area contributed by atoms with Crippen molar-refractivity contribution in [3.63, 3.8) is 0 Å². The highest BCUT2D eigenvalue weighted by molar-refractivity contribution is 7.91. The fourth-order valence-corrected chi connectivity index (χ4v) is 4.75. The monoisotopic (exact) mass is 344 g/mol. The molecule has 3 rings (SSSR count). The molecule has 1 aromatic carbocycles. The van der Waals surface area contributed by atoms with Crippen molar-refractivity contribution in [1.82, 2.24) is 9.88 Å². The highest BCUT2D eigenvalue weighted by atomic mass is 32.2. The minimum absolute atomic E-state index is 0.0326. The van der Waals surface area contributed by atoms with Crippen molar-refractivity contribution in [2.24, 2.45) is 5.92 Å². The Morgan fingerprint density at radius 2 is 1.83 bits per heavy atom. The molecule has 1 aromatic heterocycles. The molecule has 0 bridgehead atoms. The van der Waals surface area contributed by atoms with Crippen LogP contribution in [0.25, 0.3) is 0 Å². The third-order valence-electron chi connectivity index (χ3n) is 4.29. The molecule has 1 aliphatic rings. The highest BCUT2D eigenvalue weighted by Crippen LogP contribution is 2.23. The fourth-order valence-electron chi connectivity index (χ4n) is 3.10. The van der Waals surface area contributed by atoms with E-state index in [9.17, 15) is 13.2 Å². The molecule has 1 unspecified atom stereocenters. The van der Waals surface area contributed by atoms with Gasteiger partial charge in [0.1, 0.15) is 0 Å². The van der Waals surface area contributed by atoms with Crippen molar-refractivity contribution in [2.45, 2.75) is 17.7 Å². The first-order chi connectivity index (χ1) is 11.6. The van der Waals surface area contributed by atoms with Crippen LogP contribution in [0.5, 0.6) is 0 Å². The number of rotatable bonds is 4. The molecule has 1 atom stereocenters. The molecule has 126 valence electrons. The van der Waals surface area contributed by atoms with Crippen molar-refractivity contribution in [3.05, 3.63) is 60.4 Å². The van der Waals surface area contributed by atoms with Crippen molar-refractivity contribution in [1.29, 1.82) is 0 Å². The third kappa shape index (κ3) is 3.82. The maximum Gasteiger partial charge on any atom is 0.253 e. The van der Waals surface area contributed by atoms with Crippen LogP contribution in [0.15, 0.2) is 59.8 Å². The van der Waals surface area contributed by atoms with E-state index in [4.69, 9.17) is 0 Å². The van der Waals surface area contributed by atoms with Gasteiger partial charge in [-0.25, -0.2) is 8.42 Å². The Morgan fingerprint density at radius 3 is 2.54 bits per heavy atom. The number of carbonyl (C=O) groups is 1. The topological polar surface area (TPSA) is 67.3 Å². The van der Waals surface area contributed by atoms with Crippen molar-refractivity contribution in [2.75, 3.05) is 18.8 Å². The van der Waals surface area contributed by atoms with E-state index >= 15 is 0 Å². The van der Waals surface area contributed by atoms with Gasteiger partial charge in [0.05, 0.1) is 10.6 Å². The van der Waals surface area contributed by atoms with Crippen LogP contribution in [0.1, 0.15) is 23.2 Å². The summed E-state index contributed by atoms with van der Waals surface area (Å²) in [6, 6.07) is 11.9. The number of nitrogens with zero attached hydrogens (tertiary/aromatic N) is 2. The lowest BCUT2D eigenvalue weighted by atomic mass is 9.99. The Balaban J connectivity index is 1.69. The van der Waals surface area contributed by atoms with Crippen LogP contribution in [0.2, 0.25) is 0 Å². The second-order valence-corrected chi connectivity index (χ2v) is 8.12. The number of pyridine rings is 1. The standard InChI is InChI=1S/C18H20N2O3S/c21-18(16-8-10-19-11-9-16)20-12-4-5-15(13-20)14-24(22,23)17-6-2-1-3-7-17/h1-3,6-11,15H,4-5,12-14H2. The number of benzene rings is 1. The number of carbonyl (C=O) groups excluding carboxylic acids is 1. The smallest absolute Gasteiger partial charge is 0.253 e. The molecule has 5 nitrogen and oxygen atoms in total. The van der Waals surface area contributed by atoms with Gasteiger partial charge in [-0.15, -0.1) is 0 Å². The Kier molecular flexibility index (Phi) is 4.94. The van der Waals surface area contributed by atoms with Crippen LogP contribution in [0.4, 0.5) is 0 Å². The quantitative estimate of drug-likeness (QED) is 0.854. The van der Waals surface area contributed by atoms with E-state index in [2.05, 4.69) is 4.98 Å². The summed E-state index contributed by atoms with van der Waals surface area (Å²) in [5.74, 6) is -0.00844. The normalized spacial score (nSPS) is 18.3. The van der Waals surface area contributed by atoms with Gasteiger partial charge < -0.3 is 4.90 Å². The average Bonchev–Trinajstić information content (AvgIpc) is 2.62. The number of sulfone groups is 1. The van der Waals surface area contributed by atoms with Crippen LogP contribution >= 0.6 is 0 Å². The number of piperidine rings is 1. The number of likely N-dealkylation sites (tertiary alicyclic amines) is 1. The Hall–Kier alpha value is -2.21. The van der Waals surface area contributed by atoms with E-state index in [1.165, 1.54) is 0 Å². The summed E-state index contributed by atoms with van der Waals surface area (Å²) in [4.78, 5) is 18.6. The van der Waals surface area contributed by atoms with E-state index < -0.39 is 9.84 Å². The van der Waals surface area contributed by atoms with Crippen molar-refractivity contribution in [3.8, 4) is 0 Å². The molecule has 0 N–H and O–H groups in total. The molecular formula is C18H20N2O3S. The lowest BCUT2D eigenvalue weighted by Gasteiger charge is -2.32. The van der Waals surface area contributed by atoms with Gasteiger partial charge in [-0.05, 0) is 43.0 Å². The molecule has 0 saturated carbocycles. The van der Waals surface area contributed by atoms with Crippen LogP contribution < -0.4 is 0 Å². The molecule has 2 aromatic rings. The van der Waals surface area contributed by atoms with Gasteiger partial charge in [0.15, 0.2) is 9.84 Å². The Labute approximate surface area is 142 Å². The van der Waals surface area contributed by atoms with Gasteiger partial charge in [0.25, 0.3) is 5.91 Å². The second kappa shape index (κ2) is 7.13. The van der Waals surface area contributed by atoms with E-state index in [0.717, 1.165) is 12.8 Å². The highest BCUT2D eigenvalue weighted by Gasteiger charge is 2.28. The molecular weight excluding hydrogens is 324 g/mol. The van der Waals surface area contributed by atoms with Gasteiger partial charge in [0, 0.05) is 31.0 Å². The van der Waals surface area contributed by atoms with Gasteiger partial charge in [-0.3, -0.25) is 9.78 Å². The van der Waals surface area contributed by atoms with Gasteiger partial charge in [-0.2, -0.15) is 0 Å². The molecule has 1 amide bonds. The van der Waals surface area contributed by atoms with Gasteiger partial charge in [0.2, 0.25) is 0 Å². The molecule has 0 radical (unpaired) electrons. The average molecular weight is 344 g/mol. The lowest BCUT2D eigenvalue weighted by Crippen LogP contribution is -2.41. The summed E-state index contributed by atoms with van der Waals surface area (Å²) >= 11 is 0. The SMILES string of the molecule is O=C(c1ccncc1)N1CCCC(CS(=O)(=O)c2ccccc2)C1. The Bertz CT molecular complexity index is 792. The molecule has 2 heterocycles. The zero-order valence-corrected chi connectivity index (χ0v) is 14.2. The molecule has 24 heavy (non-hydrogen) atoms. The third-order valence-corrected chi connectivity index (χ3v) is 6.19. The van der Waals surface area contributed by atoms with Crippen molar-refractivity contribution < 1.29 is 13.2 Å². The first kappa shape index (κ1) is 16.6. The summed E-state index contributed by atoms with van der Waals surface area (Å²) in [6.07, 6.45) is 4.83. The largest absolute Gasteiger partial charge is 0.338 e. The minimum Gasteiger partial charge on any atom is -0.338 e. The van der Waals surface area contributed by atoms with Crippen LogP contribution in [-0.4, -0.2) is 43.1 Å². The van der Waals surface area contributed by atoms with E-state index in [-0.39, 0.29) is 17.6 Å². The molecule has 0 aliphatic carbocycles. The molecule has 6 heteroatoms. The number of amides is 1. The number of hydrogen-bond acceptors (Lipinski definition) is 4. The lowest BCUT2D eigenvalue weighted by molar-refractivity contribution is 0.0684. The van der Waals surface area contributed by atoms with Crippen LogP contribution in [0.3, 0.4) is 0 Å². The first-order valence-corrected chi connectivity index (χ1v) is 9.68. The van der Waals surface area contributed by atoms with Crippen LogP contribution in [0, 0.1) is 5.92 Å². The predicted molar refractivity (Wildman–Crippen MR) is 91.4 cm³/mol. The summed E-state index contributed by atoms with van der Waals surface area (Å²) in [7, 11) is -3.32. The molecule has 1 aliphatic heterocycles. The van der Waals surface area contributed by atoms with Gasteiger partial charge >= 0.3 is 0 Å². The Morgan fingerprint density at radius 1 is 1.12 bits per heavy atom. The second-order valence-electron chi connectivity index (χ2n) is 6.09. The first-order valence-electron chi connectivity index (χ1n) is 8.03. The van der Waals surface area contributed by atoms with Gasteiger partial charge in [-0.1, -0.05) is 18.2 Å². The maximum absolute atomic E-state index is 12.5. The molecule has 1 saturated heterocycles. The molecule has 0 spiro atoms. The minimum atomic E-state index is -3.32. The number of hydrogen-bond donors (Lipinski definition) is 0. The van der Waals surface area contributed by atoms with E-state index in [1.54, 1.807) is 59.8 Å². The number of aromatic nitrogens is 1. The predicted octanol–water partition coefficient (Wildman–Crippen LogP) is 2.41. The van der Waals surface area contributed by atoms with Crippen molar-refractivity contribution >= 4 is 15.7 Å². The maximum atomic E-state index is 12.5. The summed E-state index contributed by atoms with van der Waals surface area (Å²) in [5.41, 5.74) is 0.594. The molecule has 1 fully saturated rings. The fraction of sp³-hybridized carbons (Fsp3) is 0.333. The summed E-state index contributed by atoms with van der Waals surface area (Å²) < 4.78 is 25.1. The summed E-state index contributed by atoms with van der Waals surface area (Å²) in [6.45, 7) is 1.15. The van der Waals surface area contributed by atoms with E-state index in [1.807, 2.05) is 0 Å². The zero-order chi connectivity index (χ0) is 17.0. The summed E-state index contributed by atoms with van der Waals surface area (Å²) in [5, 5.41) is 0.